The topological polar surface area (TPSA) is 61.0 Å². The van der Waals surface area contributed by atoms with E-state index in [9.17, 15) is 0 Å². The first-order valence-electron chi connectivity index (χ1n) is 5.56. The molecule has 2 N–H and O–H groups in total. The van der Waals surface area contributed by atoms with E-state index in [2.05, 4.69) is 9.97 Å². The number of benzene rings is 1. The van der Waals surface area contributed by atoms with Gasteiger partial charge in [0.1, 0.15) is 5.75 Å². The zero-order chi connectivity index (χ0) is 13.1. The van der Waals surface area contributed by atoms with Gasteiger partial charge in [0.05, 0.1) is 0 Å². The molecule has 0 aliphatic heterocycles. The van der Waals surface area contributed by atoms with Crippen molar-refractivity contribution < 1.29 is 4.74 Å². The molecule has 2 rings (SSSR count). The number of nitrogens with zero attached hydrogens (tertiary/aromatic N) is 2. The lowest BCUT2D eigenvalue weighted by Gasteiger charge is -2.07. The fourth-order valence-electron chi connectivity index (χ4n) is 1.51. The number of nitrogens with two attached hydrogens (primary N) is 1. The molecular weight excluding hydrogens is 250 g/mol. The Morgan fingerprint density at radius 1 is 1.33 bits per heavy atom. The van der Waals surface area contributed by atoms with Gasteiger partial charge in [-0.1, -0.05) is 11.6 Å². The predicted molar refractivity (Wildman–Crippen MR) is 70.9 cm³/mol. The molecule has 0 saturated carbocycles. The first kappa shape index (κ1) is 12.8. The highest BCUT2D eigenvalue weighted by atomic mass is 35.5. The highest BCUT2D eigenvalue weighted by molar-refractivity contribution is 6.31. The average molecular weight is 264 g/mol. The van der Waals surface area contributed by atoms with Gasteiger partial charge in [-0.15, -0.1) is 0 Å². The van der Waals surface area contributed by atoms with Gasteiger partial charge in [-0.25, -0.2) is 4.98 Å². The Bertz CT molecular complexity index is 572. The van der Waals surface area contributed by atoms with Gasteiger partial charge in [-0.2, -0.15) is 4.98 Å². The third-order valence-electron chi connectivity index (χ3n) is 2.62. The van der Waals surface area contributed by atoms with Crippen LogP contribution in [0.25, 0.3) is 0 Å². The number of halogens is 1. The maximum absolute atomic E-state index is 5.95. The number of aryl methyl sites for hydroxylation is 2. The summed E-state index contributed by atoms with van der Waals surface area (Å²) in [6.07, 6.45) is 1.68. The Morgan fingerprint density at radius 3 is 2.72 bits per heavy atom. The molecule has 94 valence electrons. The third kappa shape index (κ3) is 2.78. The first-order chi connectivity index (χ1) is 8.60. The van der Waals surface area contributed by atoms with Gasteiger partial charge in [0.15, 0.2) is 0 Å². The molecule has 5 heteroatoms. The van der Waals surface area contributed by atoms with Crippen molar-refractivity contribution in [2.24, 2.45) is 5.73 Å². The average Bonchev–Trinajstić information content (AvgIpc) is 2.34. The Morgan fingerprint density at radius 2 is 2.11 bits per heavy atom. The largest absolute Gasteiger partial charge is 0.424 e. The molecule has 0 fully saturated rings. The zero-order valence-corrected chi connectivity index (χ0v) is 11.0. The maximum atomic E-state index is 5.95. The number of ether oxygens (including phenoxy) is 1. The maximum Gasteiger partial charge on any atom is 0.322 e. The molecule has 2 aromatic rings. The van der Waals surface area contributed by atoms with E-state index in [-0.39, 0.29) is 0 Å². The molecule has 0 saturated heterocycles. The van der Waals surface area contributed by atoms with Crippen LogP contribution >= 0.6 is 11.6 Å². The van der Waals surface area contributed by atoms with E-state index in [1.54, 1.807) is 18.3 Å². The molecule has 0 aliphatic carbocycles. The number of aromatic nitrogens is 2. The first-order valence-corrected chi connectivity index (χ1v) is 5.94. The summed E-state index contributed by atoms with van der Waals surface area (Å²) in [5, 5.41) is 0.706. The highest BCUT2D eigenvalue weighted by Crippen LogP contribution is 2.24. The summed E-state index contributed by atoms with van der Waals surface area (Å²) in [6, 6.07) is 5.72. The van der Waals surface area contributed by atoms with Crippen LogP contribution in [0.1, 0.15) is 16.8 Å². The summed E-state index contributed by atoms with van der Waals surface area (Å²) in [5.74, 6) is 0.664. The lowest BCUT2D eigenvalue weighted by atomic mass is 10.2. The summed E-state index contributed by atoms with van der Waals surface area (Å²) in [6.45, 7) is 4.22. The van der Waals surface area contributed by atoms with Crippen LogP contribution < -0.4 is 10.5 Å². The van der Waals surface area contributed by atoms with Gasteiger partial charge in [-0.05, 0) is 37.6 Å². The van der Waals surface area contributed by atoms with Gasteiger partial charge in [0.25, 0.3) is 0 Å². The van der Waals surface area contributed by atoms with Crippen molar-refractivity contribution in [3.05, 3.63) is 46.2 Å². The zero-order valence-electron chi connectivity index (χ0n) is 10.3. The van der Waals surface area contributed by atoms with Crippen molar-refractivity contribution in [3.63, 3.8) is 0 Å². The van der Waals surface area contributed by atoms with E-state index in [0.717, 1.165) is 16.8 Å². The SMILES string of the molecule is Cc1cc(Oc2ncc(CN)c(C)n2)ccc1Cl. The van der Waals surface area contributed by atoms with Gasteiger partial charge in [0, 0.05) is 29.0 Å². The van der Waals surface area contributed by atoms with Crippen molar-refractivity contribution in [1.29, 1.82) is 0 Å². The summed E-state index contributed by atoms with van der Waals surface area (Å²) in [5.41, 5.74) is 8.24. The Labute approximate surface area is 111 Å². The number of hydrogen-bond acceptors (Lipinski definition) is 4. The van der Waals surface area contributed by atoms with E-state index in [1.807, 2.05) is 19.9 Å². The molecule has 0 aliphatic rings. The smallest absolute Gasteiger partial charge is 0.322 e. The number of rotatable bonds is 3. The van der Waals surface area contributed by atoms with E-state index >= 15 is 0 Å². The Kier molecular flexibility index (Phi) is 3.79. The summed E-state index contributed by atoms with van der Waals surface area (Å²) in [4.78, 5) is 8.36. The van der Waals surface area contributed by atoms with Crippen molar-refractivity contribution in [1.82, 2.24) is 9.97 Å². The molecule has 4 nitrogen and oxygen atoms in total. The summed E-state index contributed by atoms with van der Waals surface area (Å²) in [7, 11) is 0. The van der Waals surface area contributed by atoms with Crippen LogP contribution in [0.15, 0.2) is 24.4 Å². The van der Waals surface area contributed by atoms with Crippen molar-refractivity contribution in [2.75, 3.05) is 0 Å². The minimum absolute atomic E-state index is 0.312. The van der Waals surface area contributed by atoms with E-state index in [4.69, 9.17) is 22.1 Å². The van der Waals surface area contributed by atoms with Gasteiger partial charge < -0.3 is 10.5 Å². The van der Waals surface area contributed by atoms with Gasteiger partial charge in [0.2, 0.25) is 0 Å². The Hall–Kier alpha value is -1.65. The van der Waals surface area contributed by atoms with E-state index in [1.165, 1.54) is 0 Å². The minimum atomic E-state index is 0.312. The van der Waals surface area contributed by atoms with Crippen molar-refractivity contribution in [3.8, 4) is 11.8 Å². The predicted octanol–water partition coefficient (Wildman–Crippen LogP) is 3.00. The fraction of sp³-hybridized carbons (Fsp3) is 0.231. The fourth-order valence-corrected chi connectivity index (χ4v) is 1.62. The van der Waals surface area contributed by atoms with Crippen LogP contribution in [0.3, 0.4) is 0 Å². The number of hydrogen-bond donors (Lipinski definition) is 1. The van der Waals surface area contributed by atoms with E-state index in [0.29, 0.717) is 23.3 Å². The third-order valence-corrected chi connectivity index (χ3v) is 3.04. The Balaban J connectivity index is 2.23. The van der Waals surface area contributed by atoms with Crippen LogP contribution in [0, 0.1) is 13.8 Å². The molecule has 0 unspecified atom stereocenters. The molecule has 0 amide bonds. The molecule has 1 heterocycles. The molecule has 1 aromatic carbocycles. The second kappa shape index (κ2) is 5.33. The van der Waals surface area contributed by atoms with Gasteiger partial charge >= 0.3 is 6.01 Å². The molecule has 1 aromatic heterocycles. The minimum Gasteiger partial charge on any atom is -0.424 e. The highest BCUT2D eigenvalue weighted by Gasteiger charge is 2.05. The second-order valence-corrected chi connectivity index (χ2v) is 4.39. The quantitative estimate of drug-likeness (QED) is 0.925. The molecule has 0 spiro atoms. The second-order valence-electron chi connectivity index (χ2n) is 3.98. The molecule has 0 atom stereocenters. The van der Waals surface area contributed by atoms with Crippen LogP contribution in [0.2, 0.25) is 5.02 Å². The van der Waals surface area contributed by atoms with Crippen molar-refractivity contribution in [2.45, 2.75) is 20.4 Å². The van der Waals surface area contributed by atoms with Crippen LogP contribution in [0.5, 0.6) is 11.8 Å². The standard InChI is InChI=1S/C13H14ClN3O/c1-8-5-11(3-4-12(8)14)18-13-16-7-10(6-15)9(2)17-13/h3-5,7H,6,15H2,1-2H3. The summed E-state index contributed by atoms with van der Waals surface area (Å²) >= 11 is 5.95. The van der Waals surface area contributed by atoms with Crippen LogP contribution in [0.4, 0.5) is 0 Å². The normalized spacial score (nSPS) is 10.4. The lowest BCUT2D eigenvalue weighted by molar-refractivity contribution is 0.439. The molecule has 0 radical (unpaired) electrons. The molecular formula is C13H14ClN3O. The van der Waals surface area contributed by atoms with Crippen LogP contribution in [-0.2, 0) is 6.54 Å². The van der Waals surface area contributed by atoms with Crippen molar-refractivity contribution >= 4 is 11.6 Å². The monoisotopic (exact) mass is 263 g/mol. The van der Waals surface area contributed by atoms with Gasteiger partial charge in [-0.3, -0.25) is 0 Å². The lowest BCUT2D eigenvalue weighted by Crippen LogP contribution is -2.03. The summed E-state index contributed by atoms with van der Waals surface area (Å²) < 4.78 is 5.57. The van der Waals surface area contributed by atoms with E-state index < -0.39 is 0 Å². The van der Waals surface area contributed by atoms with Crippen LogP contribution in [-0.4, -0.2) is 9.97 Å². The molecule has 18 heavy (non-hydrogen) atoms. The molecule has 0 bridgehead atoms.